The quantitative estimate of drug-likeness (QED) is 0.374. The molecule has 11 heteroatoms. The number of rotatable bonds is 12. The first-order chi connectivity index (χ1) is 13.8. The third kappa shape index (κ3) is 8.02. The smallest absolute Gasteiger partial charge is 0.254 e. The fraction of sp³-hybridized carbons (Fsp3) is 0.556. The first kappa shape index (κ1) is 22.5. The summed E-state index contributed by atoms with van der Waals surface area (Å²) in [5, 5.41) is 19.1. The molecule has 0 aliphatic rings. The molecule has 2 heterocycles. The van der Waals surface area contributed by atoms with Crippen molar-refractivity contribution in [2.45, 2.75) is 32.9 Å². The summed E-state index contributed by atoms with van der Waals surface area (Å²) in [5.74, 6) is 0.0863. The zero-order valence-electron chi connectivity index (χ0n) is 17.0. The highest BCUT2D eigenvalue weighted by Gasteiger charge is 2.18. The highest BCUT2D eigenvalue weighted by Crippen LogP contribution is 2.20. The van der Waals surface area contributed by atoms with Crippen molar-refractivity contribution >= 4 is 23.4 Å². The molecule has 2 rings (SSSR count). The zero-order valence-corrected chi connectivity index (χ0v) is 17.0. The van der Waals surface area contributed by atoms with Crippen molar-refractivity contribution in [1.82, 2.24) is 19.7 Å². The van der Waals surface area contributed by atoms with Crippen LogP contribution in [0.2, 0.25) is 0 Å². The maximum Gasteiger partial charge on any atom is 0.254 e. The molecule has 0 spiro atoms. The van der Waals surface area contributed by atoms with Crippen LogP contribution in [0.15, 0.2) is 18.6 Å². The zero-order chi connectivity index (χ0) is 21.3. The molecule has 2 aromatic rings. The van der Waals surface area contributed by atoms with Crippen molar-refractivity contribution < 1.29 is 19.4 Å². The van der Waals surface area contributed by atoms with Gasteiger partial charge in [-0.05, 0) is 20.8 Å². The maximum absolute atomic E-state index is 11.6. The molecule has 0 bridgehead atoms. The molecular weight excluding hydrogens is 378 g/mol. The van der Waals surface area contributed by atoms with Gasteiger partial charge < -0.3 is 30.9 Å². The van der Waals surface area contributed by atoms with Gasteiger partial charge >= 0.3 is 0 Å². The van der Waals surface area contributed by atoms with E-state index in [1.54, 1.807) is 17.1 Å². The first-order valence-electron chi connectivity index (χ1n) is 9.29. The molecule has 2 aromatic heterocycles. The van der Waals surface area contributed by atoms with Crippen LogP contribution in [-0.4, -0.2) is 69.3 Å². The largest absolute Gasteiger partial charge is 0.394 e. The predicted molar refractivity (Wildman–Crippen MR) is 108 cm³/mol. The van der Waals surface area contributed by atoms with E-state index in [1.807, 2.05) is 20.8 Å². The molecule has 0 aromatic carbocycles. The first-order valence-corrected chi connectivity index (χ1v) is 9.29. The number of carbonyl (C=O) groups excluding carboxylic acids is 1. The topological polar surface area (TPSA) is 149 Å². The standard InChI is InChI=1S/C18H29N7O4/c1-18(2,3)24-16-14(15(19)27)11-20-17(23-16)22-13-10-21-25(12-13)4-6-28-8-9-29-7-5-26/h10-12,26H,4-9H2,1-3H3,(H2,19,27)(H2,20,22,23,24). The van der Waals surface area contributed by atoms with Crippen molar-refractivity contribution in [1.29, 1.82) is 0 Å². The molecule has 1 amide bonds. The Labute approximate surface area is 169 Å². The average molecular weight is 407 g/mol. The lowest BCUT2D eigenvalue weighted by molar-refractivity contribution is 0.0303. The van der Waals surface area contributed by atoms with Gasteiger partial charge in [-0.25, -0.2) is 4.98 Å². The highest BCUT2D eigenvalue weighted by atomic mass is 16.5. The monoisotopic (exact) mass is 407 g/mol. The Balaban J connectivity index is 1.91. The normalized spacial score (nSPS) is 11.4. The Kier molecular flexibility index (Phi) is 8.31. The van der Waals surface area contributed by atoms with Gasteiger partial charge in [-0.1, -0.05) is 0 Å². The van der Waals surface area contributed by atoms with Gasteiger partial charge in [-0.15, -0.1) is 0 Å². The second-order valence-corrected chi connectivity index (χ2v) is 7.26. The summed E-state index contributed by atoms with van der Waals surface area (Å²) in [6.07, 6.45) is 4.84. The van der Waals surface area contributed by atoms with Crippen LogP contribution in [0.3, 0.4) is 0 Å². The van der Waals surface area contributed by atoms with Crippen molar-refractivity contribution in [3.05, 3.63) is 24.2 Å². The molecule has 0 unspecified atom stereocenters. The van der Waals surface area contributed by atoms with Crippen LogP contribution < -0.4 is 16.4 Å². The van der Waals surface area contributed by atoms with Gasteiger partial charge in [0, 0.05) is 17.9 Å². The molecule has 0 radical (unpaired) electrons. The van der Waals surface area contributed by atoms with Crippen LogP contribution in [0.1, 0.15) is 31.1 Å². The molecule has 0 aliphatic carbocycles. The number of aliphatic hydroxyl groups is 1. The fourth-order valence-electron chi connectivity index (χ4n) is 2.30. The summed E-state index contributed by atoms with van der Waals surface area (Å²) in [4.78, 5) is 20.1. The minimum absolute atomic E-state index is 0.00575. The number of anilines is 3. The van der Waals surface area contributed by atoms with E-state index in [0.717, 1.165) is 0 Å². The number of aromatic nitrogens is 4. The van der Waals surface area contributed by atoms with Gasteiger partial charge in [0.25, 0.3) is 5.91 Å². The Morgan fingerprint density at radius 3 is 2.59 bits per heavy atom. The number of hydrogen-bond acceptors (Lipinski definition) is 9. The van der Waals surface area contributed by atoms with Crippen LogP contribution in [0, 0.1) is 0 Å². The van der Waals surface area contributed by atoms with Crippen molar-refractivity contribution in [2.24, 2.45) is 5.73 Å². The van der Waals surface area contributed by atoms with Gasteiger partial charge in [0.05, 0.1) is 57.0 Å². The molecule has 0 fully saturated rings. The molecule has 0 aliphatic heterocycles. The Morgan fingerprint density at radius 1 is 1.21 bits per heavy atom. The van der Waals surface area contributed by atoms with Crippen molar-refractivity contribution in [3.63, 3.8) is 0 Å². The fourth-order valence-corrected chi connectivity index (χ4v) is 2.30. The minimum Gasteiger partial charge on any atom is -0.394 e. The van der Waals surface area contributed by atoms with E-state index in [9.17, 15) is 4.79 Å². The Hall–Kier alpha value is -2.76. The minimum atomic E-state index is -0.599. The van der Waals surface area contributed by atoms with Gasteiger partial charge in [0.15, 0.2) is 0 Å². The highest BCUT2D eigenvalue weighted by molar-refractivity contribution is 5.97. The molecule has 0 saturated heterocycles. The van der Waals surface area contributed by atoms with Crippen molar-refractivity contribution in [2.75, 3.05) is 43.7 Å². The average Bonchev–Trinajstić information content (AvgIpc) is 3.07. The molecular formula is C18H29N7O4. The van der Waals surface area contributed by atoms with Crippen LogP contribution in [0.25, 0.3) is 0 Å². The summed E-state index contributed by atoms with van der Waals surface area (Å²) < 4.78 is 12.3. The van der Waals surface area contributed by atoms with Gasteiger partial charge in [-0.3, -0.25) is 9.48 Å². The molecule has 160 valence electrons. The van der Waals surface area contributed by atoms with E-state index in [1.165, 1.54) is 6.20 Å². The lowest BCUT2D eigenvalue weighted by atomic mass is 10.1. The number of nitrogens with two attached hydrogens (primary N) is 1. The lowest BCUT2D eigenvalue weighted by Gasteiger charge is -2.22. The van der Waals surface area contributed by atoms with Gasteiger partial charge in [0.1, 0.15) is 5.82 Å². The summed E-state index contributed by atoms with van der Waals surface area (Å²) in [5.41, 5.74) is 6.03. The number of aliphatic hydroxyl groups excluding tert-OH is 1. The van der Waals surface area contributed by atoms with E-state index < -0.39 is 5.91 Å². The maximum atomic E-state index is 11.6. The third-order valence-electron chi connectivity index (χ3n) is 3.51. The van der Waals surface area contributed by atoms with Crippen LogP contribution in [-0.2, 0) is 16.0 Å². The van der Waals surface area contributed by atoms with Crippen LogP contribution >= 0.6 is 0 Å². The summed E-state index contributed by atoms with van der Waals surface area (Å²) >= 11 is 0. The number of nitrogens with one attached hydrogen (secondary N) is 2. The van der Waals surface area contributed by atoms with Gasteiger partial charge in [0.2, 0.25) is 5.95 Å². The van der Waals surface area contributed by atoms with Crippen LogP contribution in [0.5, 0.6) is 0 Å². The predicted octanol–water partition coefficient (Wildman–Crippen LogP) is 0.752. The number of hydrogen-bond donors (Lipinski definition) is 4. The third-order valence-corrected chi connectivity index (χ3v) is 3.51. The van der Waals surface area contributed by atoms with E-state index >= 15 is 0 Å². The molecule has 29 heavy (non-hydrogen) atoms. The second kappa shape index (κ2) is 10.7. The molecule has 5 N–H and O–H groups in total. The SMILES string of the molecule is CC(C)(C)Nc1nc(Nc2cnn(CCOCCOCCO)c2)ncc1C(N)=O. The summed E-state index contributed by atoms with van der Waals surface area (Å²) in [7, 11) is 0. The lowest BCUT2D eigenvalue weighted by Crippen LogP contribution is -2.29. The molecule has 11 nitrogen and oxygen atoms in total. The second-order valence-electron chi connectivity index (χ2n) is 7.26. The number of carbonyl (C=O) groups is 1. The Morgan fingerprint density at radius 2 is 1.93 bits per heavy atom. The van der Waals surface area contributed by atoms with Crippen molar-refractivity contribution in [3.8, 4) is 0 Å². The molecule has 0 saturated carbocycles. The molecule has 0 atom stereocenters. The number of primary amides is 1. The van der Waals surface area contributed by atoms with Gasteiger partial charge in [-0.2, -0.15) is 10.1 Å². The Bertz CT molecular complexity index is 789. The number of ether oxygens (including phenoxy) is 2. The van der Waals surface area contributed by atoms with Crippen LogP contribution in [0.4, 0.5) is 17.5 Å². The summed E-state index contributed by atoms with van der Waals surface area (Å²) in [6, 6.07) is 0. The number of amides is 1. The van der Waals surface area contributed by atoms with E-state index in [-0.39, 0.29) is 17.7 Å². The summed E-state index contributed by atoms with van der Waals surface area (Å²) in [6.45, 7) is 8.13. The van der Waals surface area contributed by atoms with E-state index in [4.69, 9.17) is 20.3 Å². The van der Waals surface area contributed by atoms with E-state index in [2.05, 4.69) is 25.7 Å². The number of nitrogens with zero attached hydrogens (tertiary/aromatic N) is 4. The van der Waals surface area contributed by atoms with E-state index in [0.29, 0.717) is 50.4 Å².